The predicted octanol–water partition coefficient (Wildman–Crippen LogP) is 2.40. The van der Waals surface area contributed by atoms with Crippen LogP contribution in [0.2, 0.25) is 0 Å². The van der Waals surface area contributed by atoms with Gasteiger partial charge in [0.05, 0.1) is 6.42 Å². The maximum atomic E-state index is 12.5. The van der Waals surface area contributed by atoms with Gasteiger partial charge in [0, 0.05) is 29.2 Å². The van der Waals surface area contributed by atoms with Gasteiger partial charge in [-0.25, -0.2) is 0 Å². The summed E-state index contributed by atoms with van der Waals surface area (Å²) in [6.07, 6.45) is 1.23. The second-order valence-corrected chi connectivity index (χ2v) is 5.56. The molecule has 2 aromatic carbocycles. The third-order valence-corrected chi connectivity index (χ3v) is 4.10. The molecule has 0 aromatic heterocycles. The first-order valence-electron chi connectivity index (χ1n) is 7.30. The highest BCUT2D eigenvalue weighted by atomic mass is 16.2. The van der Waals surface area contributed by atoms with E-state index in [9.17, 15) is 9.59 Å². The molecule has 22 heavy (non-hydrogen) atoms. The first-order valence-corrected chi connectivity index (χ1v) is 7.30. The van der Waals surface area contributed by atoms with Crippen molar-refractivity contribution in [3.05, 3.63) is 53.1 Å². The number of carbonyl (C=O) groups is 2. The molecule has 3 N–H and O–H groups in total. The highest BCUT2D eigenvalue weighted by Gasteiger charge is 2.20. The minimum absolute atomic E-state index is 0.00886. The van der Waals surface area contributed by atoms with E-state index in [0.29, 0.717) is 17.7 Å². The molecule has 2 aliphatic heterocycles. The minimum Gasteiger partial charge on any atom is -0.384 e. The van der Waals surface area contributed by atoms with Crippen molar-refractivity contribution in [2.45, 2.75) is 12.8 Å². The second-order valence-electron chi connectivity index (χ2n) is 5.56. The van der Waals surface area contributed by atoms with Crippen LogP contribution in [0, 0.1) is 0 Å². The maximum absolute atomic E-state index is 12.5. The zero-order valence-corrected chi connectivity index (χ0v) is 11.9. The fourth-order valence-electron chi connectivity index (χ4n) is 3.06. The largest absolute Gasteiger partial charge is 0.384 e. The van der Waals surface area contributed by atoms with Crippen molar-refractivity contribution < 1.29 is 9.59 Å². The smallest absolute Gasteiger partial charge is 0.256 e. The Hall–Kier alpha value is -2.82. The van der Waals surface area contributed by atoms with Gasteiger partial charge in [0.2, 0.25) is 5.91 Å². The van der Waals surface area contributed by atoms with Crippen LogP contribution in [-0.4, -0.2) is 18.4 Å². The van der Waals surface area contributed by atoms with E-state index in [4.69, 9.17) is 0 Å². The number of nitrogens with one attached hydrogen (secondary N) is 3. The monoisotopic (exact) mass is 293 g/mol. The molecule has 0 aliphatic carbocycles. The summed E-state index contributed by atoms with van der Waals surface area (Å²) in [5.41, 5.74) is 5.27. The number of hydrogen-bond donors (Lipinski definition) is 3. The number of anilines is 3. The van der Waals surface area contributed by atoms with Gasteiger partial charge in [0.1, 0.15) is 0 Å². The van der Waals surface area contributed by atoms with Crippen molar-refractivity contribution in [1.82, 2.24) is 0 Å². The van der Waals surface area contributed by atoms with Gasteiger partial charge in [0.15, 0.2) is 0 Å². The molecule has 0 fully saturated rings. The maximum Gasteiger partial charge on any atom is 0.256 e. The van der Waals surface area contributed by atoms with Crippen LogP contribution in [0.1, 0.15) is 21.5 Å². The van der Waals surface area contributed by atoms with Crippen molar-refractivity contribution >= 4 is 28.9 Å². The Balaban J connectivity index is 1.60. The molecule has 5 nitrogen and oxygen atoms in total. The molecule has 0 spiro atoms. The molecule has 110 valence electrons. The molecule has 0 bridgehead atoms. The van der Waals surface area contributed by atoms with Crippen molar-refractivity contribution in [1.29, 1.82) is 0 Å². The summed E-state index contributed by atoms with van der Waals surface area (Å²) in [4.78, 5) is 23.9. The van der Waals surface area contributed by atoms with Crippen LogP contribution in [0.15, 0.2) is 36.4 Å². The molecular weight excluding hydrogens is 278 g/mol. The first-order chi connectivity index (χ1) is 10.7. The molecule has 2 amide bonds. The molecule has 0 unspecified atom stereocenters. The molecule has 0 atom stereocenters. The average molecular weight is 293 g/mol. The lowest BCUT2D eigenvalue weighted by Gasteiger charge is -2.10. The molecule has 0 radical (unpaired) electrons. The first kappa shape index (κ1) is 12.9. The number of amides is 2. The normalized spacial score (nSPS) is 14.8. The van der Waals surface area contributed by atoms with E-state index in [1.54, 1.807) is 0 Å². The van der Waals surface area contributed by atoms with E-state index >= 15 is 0 Å². The van der Waals surface area contributed by atoms with E-state index in [2.05, 4.69) is 16.0 Å². The summed E-state index contributed by atoms with van der Waals surface area (Å²) in [6, 6.07) is 11.2. The fourth-order valence-corrected chi connectivity index (χ4v) is 3.06. The van der Waals surface area contributed by atoms with E-state index in [1.807, 2.05) is 36.4 Å². The zero-order chi connectivity index (χ0) is 15.1. The summed E-state index contributed by atoms with van der Waals surface area (Å²) >= 11 is 0. The van der Waals surface area contributed by atoms with Crippen LogP contribution in [0.25, 0.3) is 0 Å². The third-order valence-electron chi connectivity index (χ3n) is 4.10. The number of benzene rings is 2. The van der Waals surface area contributed by atoms with Crippen LogP contribution < -0.4 is 16.0 Å². The molecule has 5 heteroatoms. The minimum atomic E-state index is -0.113. The van der Waals surface area contributed by atoms with Crippen molar-refractivity contribution in [3.63, 3.8) is 0 Å². The van der Waals surface area contributed by atoms with Gasteiger partial charge in [-0.1, -0.05) is 6.07 Å². The van der Waals surface area contributed by atoms with Crippen LogP contribution in [0.3, 0.4) is 0 Å². The van der Waals surface area contributed by atoms with Crippen molar-refractivity contribution in [3.8, 4) is 0 Å². The van der Waals surface area contributed by atoms with Crippen molar-refractivity contribution in [2.24, 2.45) is 0 Å². The number of fused-ring (bicyclic) bond motifs is 2. The van der Waals surface area contributed by atoms with E-state index in [1.165, 1.54) is 0 Å². The van der Waals surface area contributed by atoms with Gasteiger partial charge in [-0.15, -0.1) is 0 Å². The average Bonchev–Trinajstić information content (AvgIpc) is 3.11. The lowest BCUT2D eigenvalue weighted by atomic mass is 10.0. The molecular formula is C17H15N3O2. The van der Waals surface area contributed by atoms with Gasteiger partial charge in [0.25, 0.3) is 5.91 Å². The van der Waals surface area contributed by atoms with Gasteiger partial charge in [-0.2, -0.15) is 0 Å². The highest BCUT2D eigenvalue weighted by molar-refractivity contribution is 6.07. The molecule has 4 rings (SSSR count). The van der Waals surface area contributed by atoms with Crippen LogP contribution in [-0.2, 0) is 17.6 Å². The molecule has 2 aliphatic rings. The summed E-state index contributed by atoms with van der Waals surface area (Å²) in [6.45, 7) is 0.867. The fraction of sp³-hybridized carbons (Fsp3) is 0.176. The van der Waals surface area contributed by atoms with Crippen LogP contribution >= 0.6 is 0 Å². The lowest BCUT2D eigenvalue weighted by molar-refractivity contribution is -0.115. The summed E-state index contributed by atoms with van der Waals surface area (Å²) in [7, 11) is 0. The Morgan fingerprint density at radius 3 is 2.95 bits per heavy atom. The molecule has 2 aromatic rings. The van der Waals surface area contributed by atoms with E-state index in [0.717, 1.165) is 35.5 Å². The Kier molecular flexibility index (Phi) is 2.85. The Morgan fingerprint density at radius 1 is 1.14 bits per heavy atom. The highest BCUT2D eigenvalue weighted by Crippen LogP contribution is 2.28. The Labute approximate surface area is 127 Å². The number of carbonyl (C=O) groups excluding carboxylic acids is 2. The summed E-state index contributed by atoms with van der Waals surface area (Å²) in [5.74, 6) is -0.122. The summed E-state index contributed by atoms with van der Waals surface area (Å²) < 4.78 is 0. The predicted molar refractivity (Wildman–Crippen MR) is 85.4 cm³/mol. The Morgan fingerprint density at radius 2 is 2.05 bits per heavy atom. The Bertz CT molecular complexity index is 798. The van der Waals surface area contributed by atoms with Gasteiger partial charge >= 0.3 is 0 Å². The van der Waals surface area contributed by atoms with Crippen molar-refractivity contribution in [2.75, 3.05) is 22.5 Å². The van der Waals surface area contributed by atoms with Gasteiger partial charge in [-0.3, -0.25) is 9.59 Å². The van der Waals surface area contributed by atoms with Crippen LogP contribution in [0.4, 0.5) is 17.1 Å². The number of rotatable bonds is 2. The standard InChI is InChI=1S/C17H15N3O2/c21-16-9-10-8-11(4-5-14(10)20-16)19-17(22)13-2-1-3-15-12(13)6-7-18-15/h1-5,8,18H,6-7,9H2,(H,19,22)(H,20,21). The SMILES string of the molecule is O=C1Cc2cc(NC(=O)c3cccc4c3CCN4)ccc2N1. The van der Waals surface area contributed by atoms with Gasteiger partial charge in [-0.05, 0) is 47.9 Å². The van der Waals surface area contributed by atoms with E-state index in [-0.39, 0.29) is 11.8 Å². The molecule has 0 saturated heterocycles. The topological polar surface area (TPSA) is 70.2 Å². The van der Waals surface area contributed by atoms with Gasteiger partial charge < -0.3 is 16.0 Å². The molecule has 2 heterocycles. The zero-order valence-electron chi connectivity index (χ0n) is 11.9. The quantitative estimate of drug-likeness (QED) is 0.796. The van der Waals surface area contributed by atoms with Crippen LogP contribution in [0.5, 0.6) is 0 Å². The second kappa shape index (κ2) is 4.87. The summed E-state index contributed by atoms with van der Waals surface area (Å²) in [5, 5.41) is 8.98. The lowest BCUT2D eigenvalue weighted by Crippen LogP contribution is -2.14. The third kappa shape index (κ3) is 2.11. The molecule has 0 saturated carbocycles. The number of hydrogen-bond acceptors (Lipinski definition) is 3. The van der Waals surface area contributed by atoms with E-state index < -0.39 is 0 Å².